The van der Waals surface area contributed by atoms with E-state index in [9.17, 15) is 4.79 Å². The standard InChI is InChI=1S/C13H12ClNO4/c1-3-8-9(14)4-7(5-11(8)18-2)10-6-12(13(16)17)19-15-10/h4-6H,3H2,1-2H3,(H,16,17). The van der Waals surface area contributed by atoms with Crippen LogP contribution in [0.25, 0.3) is 11.3 Å². The van der Waals surface area contributed by atoms with Gasteiger partial charge in [0.25, 0.3) is 0 Å². The number of halogens is 1. The van der Waals surface area contributed by atoms with Gasteiger partial charge in [-0.25, -0.2) is 4.79 Å². The molecule has 0 radical (unpaired) electrons. The molecule has 0 spiro atoms. The molecule has 19 heavy (non-hydrogen) atoms. The summed E-state index contributed by atoms with van der Waals surface area (Å²) < 4.78 is 9.99. The summed E-state index contributed by atoms with van der Waals surface area (Å²) in [7, 11) is 1.56. The van der Waals surface area contributed by atoms with Crippen LogP contribution in [-0.4, -0.2) is 23.3 Å². The molecular weight excluding hydrogens is 270 g/mol. The fourth-order valence-corrected chi connectivity index (χ4v) is 2.14. The Bertz CT molecular complexity index is 621. The molecule has 2 aromatic rings. The van der Waals surface area contributed by atoms with Crippen molar-refractivity contribution in [1.29, 1.82) is 0 Å². The number of ether oxygens (including phenoxy) is 1. The second kappa shape index (κ2) is 5.32. The van der Waals surface area contributed by atoms with Crippen molar-refractivity contribution in [3.05, 3.63) is 34.5 Å². The van der Waals surface area contributed by atoms with Crippen LogP contribution >= 0.6 is 11.6 Å². The summed E-state index contributed by atoms with van der Waals surface area (Å²) in [5, 5.41) is 13.1. The van der Waals surface area contributed by atoms with Crippen molar-refractivity contribution in [2.24, 2.45) is 0 Å². The number of hydrogen-bond acceptors (Lipinski definition) is 4. The van der Waals surface area contributed by atoms with E-state index in [1.807, 2.05) is 6.92 Å². The number of aromatic carboxylic acids is 1. The van der Waals surface area contributed by atoms with Gasteiger partial charge >= 0.3 is 5.97 Å². The fourth-order valence-electron chi connectivity index (χ4n) is 1.80. The van der Waals surface area contributed by atoms with Crippen LogP contribution in [0.4, 0.5) is 0 Å². The van der Waals surface area contributed by atoms with Crippen molar-refractivity contribution >= 4 is 17.6 Å². The molecule has 0 aliphatic heterocycles. The molecule has 0 saturated heterocycles. The topological polar surface area (TPSA) is 72.6 Å². The number of aromatic nitrogens is 1. The molecule has 0 saturated carbocycles. The molecule has 0 atom stereocenters. The zero-order valence-electron chi connectivity index (χ0n) is 10.4. The third-order valence-electron chi connectivity index (χ3n) is 2.74. The second-order valence-electron chi connectivity index (χ2n) is 3.87. The average Bonchev–Trinajstić information content (AvgIpc) is 2.87. The lowest BCUT2D eigenvalue weighted by molar-refractivity contribution is 0.0652. The largest absolute Gasteiger partial charge is 0.496 e. The Balaban J connectivity index is 2.50. The summed E-state index contributed by atoms with van der Waals surface area (Å²) >= 11 is 6.18. The van der Waals surface area contributed by atoms with E-state index in [1.165, 1.54) is 6.07 Å². The van der Waals surface area contributed by atoms with E-state index in [0.29, 0.717) is 22.0 Å². The Morgan fingerprint density at radius 1 is 1.47 bits per heavy atom. The molecule has 1 aromatic carbocycles. The molecule has 0 fully saturated rings. The minimum atomic E-state index is -1.16. The van der Waals surface area contributed by atoms with Crippen LogP contribution in [0.2, 0.25) is 5.02 Å². The molecule has 6 heteroatoms. The van der Waals surface area contributed by atoms with Gasteiger partial charge in [-0.3, -0.25) is 0 Å². The smallest absolute Gasteiger partial charge is 0.374 e. The van der Waals surface area contributed by atoms with Gasteiger partial charge in [-0.1, -0.05) is 23.7 Å². The lowest BCUT2D eigenvalue weighted by Gasteiger charge is -2.10. The van der Waals surface area contributed by atoms with Gasteiger partial charge in [0, 0.05) is 22.2 Å². The van der Waals surface area contributed by atoms with Gasteiger partial charge < -0.3 is 14.4 Å². The first kappa shape index (κ1) is 13.4. The summed E-state index contributed by atoms with van der Waals surface area (Å²) in [6.45, 7) is 1.97. The van der Waals surface area contributed by atoms with Crippen LogP contribution in [0.5, 0.6) is 5.75 Å². The molecular formula is C13H12ClNO4. The number of carboxylic acid groups (broad SMARTS) is 1. The Kier molecular flexibility index (Phi) is 3.76. The summed E-state index contributed by atoms with van der Waals surface area (Å²) in [6, 6.07) is 4.82. The van der Waals surface area contributed by atoms with E-state index < -0.39 is 5.97 Å². The molecule has 0 bridgehead atoms. The number of benzene rings is 1. The maximum absolute atomic E-state index is 10.8. The minimum absolute atomic E-state index is 0.218. The number of rotatable bonds is 4. The molecule has 2 rings (SSSR count). The third kappa shape index (κ3) is 2.56. The highest BCUT2D eigenvalue weighted by atomic mass is 35.5. The summed E-state index contributed by atoms with van der Waals surface area (Å²) in [5.74, 6) is -0.739. The maximum atomic E-state index is 10.8. The first-order valence-electron chi connectivity index (χ1n) is 5.63. The number of hydrogen-bond donors (Lipinski definition) is 1. The number of carboxylic acids is 1. The summed E-state index contributed by atoms with van der Waals surface area (Å²) in [5.41, 5.74) is 1.95. The van der Waals surface area contributed by atoms with Crippen LogP contribution in [0.1, 0.15) is 23.0 Å². The van der Waals surface area contributed by atoms with E-state index in [-0.39, 0.29) is 5.76 Å². The van der Waals surface area contributed by atoms with Gasteiger partial charge in [-0.15, -0.1) is 0 Å². The lowest BCUT2D eigenvalue weighted by Crippen LogP contribution is -1.93. The predicted molar refractivity (Wildman–Crippen MR) is 69.8 cm³/mol. The van der Waals surface area contributed by atoms with Crippen LogP contribution in [-0.2, 0) is 6.42 Å². The van der Waals surface area contributed by atoms with Gasteiger partial charge in [0.1, 0.15) is 11.4 Å². The highest BCUT2D eigenvalue weighted by Crippen LogP contribution is 2.33. The van der Waals surface area contributed by atoms with Crippen molar-refractivity contribution in [2.45, 2.75) is 13.3 Å². The SMILES string of the molecule is CCc1c(Cl)cc(-c2cc(C(=O)O)on2)cc1OC. The molecule has 0 unspecified atom stereocenters. The summed E-state index contributed by atoms with van der Waals surface area (Å²) in [6.07, 6.45) is 0.738. The highest BCUT2D eigenvalue weighted by molar-refractivity contribution is 6.31. The lowest BCUT2D eigenvalue weighted by atomic mass is 10.1. The molecule has 1 heterocycles. The number of methoxy groups -OCH3 is 1. The van der Waals surface area contributed by atoms with E-state index in [0.717, 1.165) is 12.0 Å². The zero-order chi connectivity index (χ0) is 14.0. The van der Waals surface area contributed by atoms with Crippen LogP contribution in [0.3, 0.4) is 0 Å². The Morgan fingerprint density at radius 2 is 2.21 bits per heavy atom. The maximum Gasteiger partial charge on any atom is 0.374 e. The van der Waals surface area contributed by atoms with E-state index in [1.54, 1.807) is 19.2 Å². The summed E-state index contributed by atoms with van der Waals surface area (Å²) in [4.78, 5) is 10.8. The highest BCUT2D eigenvalue weighted by Gasteiger charge is 2.15. The van der Waals surface area contributed by atoms with Gasteiger partial charge in [0.05, 0.1) is 7.11 Å². The molecule has 1 aromatic heterocycles. The molecule has 0 amide bonds. The van der Waals surface area contributed by atoms with Gasteiger partial charge in [0.15, 0.2) is 0 Å². The minimum Gasteiger partial charge on any atom is -0.496 e. The molecule has 5 nitrogen and oxygen atoms in total. The quantitative estimate of drug-likeness (QED) is 0.931. The fraction of sp³-hybridized carbons (Fsp3) is 0.231. The first-order valence-corrected chi connectivity index (χ1v) is 6.01. The predicted octanol–water partition coefficient (Wildman–Crippen LogP) is 3.26. The third-order valence-corrected chi connectivity index (χ3v) is 3.08. The number of carbonyl (C=O) groups is 1. The zero-order valence-corrected chi connectivity index (χ0v) is 11.2. The number of nitrogens with zero attached hydrogens (tertiary/aromatic N) is 1. The molecule has 1 N–H and O–H groups in total. The van der Waals surface area contributed by atoms with Crippen molar-refractivity contribution in [1.82, 2.24) is 5.16 Å². The van der Waals surface area contributed by atoms with Gasteiger partial charge in [0.2, 0.25) is 5.76 Å². The second-order valence-corrected chi connectivity index (χ2v) is 4.28. The van der Waals surface area contributed by atoms with Gasteiger partial charge in [-0.2, -0.15) is 0 Å². The van der Waals surface area contributed by atoms with Crippen molar-refractivity contribution < 1.29 is 19.2 Å². The van der Waals surface area contributed by atoms with E-state index in [4.69, 9.17) is 26.0 Å². The van der Waals surface area contributed by atoms with Crippen LogP contribution in [0, 0.1) is 0 Å². The Morgan fingerprint density at radius 3 is 2.74 bits per heavy atom. The molecule has 0 aliphatic rings. The normalized spacial score (nSPS) is 10.5. The van der Waals surface area contributed by atoms with E-state index >= 15 is 0 Å². The monoisotopic (exact) mass is 281 g/mol. The Hall–Kier alpha value is -2.01. The van der Waals surface area contributed by atoms with Crippen molar-refractivity contribution in [3.63, 3.8) is 0 Å². The molecule has 100 valence electrons. The van der Waals surface area contributed by atoms with E-state index in [2.05, 4.69) is 5.16 Å². The van der Waals surface area contributed by atoms with Crippen molar-refractivity contribution in [3.8, 4) is 17.0 Å². The first-order chi connectivity index (χ1) is 9.06. The average molecular weight is 282 g/mol. The van der Waals surface area contributed by atoms with Gasteiger partial charge in [-0.05, 0) is 18.6 Å². The molecule has 0 aliphatic carbocycles. The Labute approximate surface area is 114 Å². The van der Waals surface area contributed by atoms with Crippen molar-refractivity contribution in [2.75, 3.05) is 7.11 Å². The van der Waals surface area contributed by atoms with Crippen LogP contribution < -0.4 is 4.74 Å². The van der Waals surface area contributed by atoms with Crippen LogP contribution in [0.15, 0.2) is 22.7 Å².